The zero-order chi connectivity index (χ0) is 14.0. The first-order chi connectivity index (χ1) is 9.01. The van der Waals surface area contributed by atoms with Crippen LogP contribution in [0.25, 0.3) is 11.4 Å². The van der Waals surface area contributed by atoms with Gasteiger partial charge in [-0.15, -0.1) is 0 Å². The van der Waals surface area contributed by atoms with Crippen LogP contribution in [-0.2, 0) is 0 Å². The van der Waals surface area contributed by atoms with Crippen molar-refractivity contribution >= 4 is 11.8 Å². The number of aromatic carboxylic acids is 1. The van der Waals surface area contributed by atoms with Crippen molar-refractivity contribution in [3.05, 3.63) is 41.1 Å². The number of rotatable bonds is 3. The van der Waals surface area contributed by atoms with Crippen LogP contribution in [-0.4, -0.2) is 28.1 Å². The van der Waals surface area contributed by atoms with Gasteiger partial charge in [-0.05, 0) is 31.0 Å². The number of carboxylic acids is 1. The third kappa shape index (κ3) is 2.70. The molecule has 1 aromatic carbocycles. The molecule has 2 aromatic rings. The number of anilines is 1. The third-order valence-corrected chi connectivity index (χ3v) is 2.97. The highest BCUT2D eigenvalue weighted by Gasteiger charge is 2.11. The quantitative estimate of drug-likeness (QED) is 0.883. The van der Waals surface area contributed by atoms with Crippen LogP contribution < -0.4 is 5.32 Å². The maximum absolute atomic E-state index is 11.1. The van der Waals surface area contributed by atoms with Gasteiger partial charge < -0.3 is 10.4 Å². The average molecular weight is 257 g/mol. The lowest BCUT2D eigenvalue weighted by atomic mass is 10.1. The number of aryl methyl sites for hydroxylation is 2. The Bertz CT molecular complexity index is 639. The number of hydrogen-bond acceptors (Lipinski definition) is 4. The van der Waals surface area contributed by atoms with Crippen LogP contribution in [0.15, 0.2) is 24.3 Å². The van der Waals surface area contributed by atoms with Gasteiger partial charge in [0.1, 0.15) is 5.82 Å². The molecule has 5 nitrogen and oxygen atoms in total. The Hall–Kier alpha value is -2.43. The van der Waals surface area contributed by atoms with E-state index in [9.17, 15) is 4.79 Å². The summed E-state index contributed by atoms with van der Waals surface area (Å²) in [4.78, 5) is 19.4. The number of nitrogens with zero attached hydrogens (tertiary/aromatic N) is 2. The zero-order valence-electron chi connectivity index (χ0n) is 11.1. The standard InChI is InChI=1S/C14H15N3O2/c1-8-4-5-10(6-9(8)2)13-16-11(14(18)19)7-12(15-3)17-13/h4-7H,1-3H3,(H,18,19)(H,15,16,17). The monoisotopic (exact) mass is 257 g/mol. The lowest BCUT2D eigenvalue weighted by molar-refractivity contribution is 0.0690. The van der Waals surface area contributed by atoms with Crippen molar-refractivity contribution in [1.29, 1.82) is 0 Å². The fourth-order valence-electron chi connectivity index (χ4n) is 1.69. The van der Waals surface area contributed by atoms with E-state index in [1.165, 1.54) is 11.6 Å². The molecule has 0 aliphatic carbocycles. The summed E-state index contributed by atoms with van der Waals surface area (Å²) in [6, 6.07) is 7.23. The summed E-state index contributed by atoms with van der Waals surface area (Å²) in [5.41, 5.74) is 3.08. The van der Waals surface area contributed by atoms with Crippen LogP contribution in [0.2, 0.25) is 0 Å². The van der Waals surface area contributed by atoms with Crippen LogP contribution in [0, 0.1) is 13.8 Å². The van der Waals surface area contributed by atoms with E-state index in [1.54, 1.807) is 7.05 Å². The van der Waals surface area contributed by atoms with Gasteiger partial charge in [-0.2, -0.15) is 0 Å². The molecule has 0 bridgehead atoms. The molecule has 0 saturated carbocycles. The van der Waals surface area contributed by atoms with Gasteiger partial charge >= 0.3 is 5.97 Å². The van der Waals surface area contributed by atoms with Crippen LogP contribution in [0.5, 0.6) is 0 Å². The van der Waals surface area contributed by atoms with Crippen LogP contribution >= 0.6 is 0 Å². The van der Waals surface area contributed by atoms with Crippen molar-refractivity contribution in [2.45, 2.75) is 13.8 Å². The molecule has 1 heterocycles. The Balaban J connectivity index is 2.57. The first kappa shape index (κ1) is 13.0. The molecule has 0 radical (unpaired) electrons. The van der Waals surface area contributed by atoms with E-state index in [0.717, 1.165) is 11.1 Å². The zero-order valence-corrected chi connectivity index (χ0v) is 11.1. The lowest BCUT2D eigenvalue weighted by Crippen LogP contribution is -2.06. The Labute approximate surface area is 111 Å². The normalized spacial score (nSPS) is 10.3. The van der Waals surface area contributed by atoms with Gasteiger partial charge in [0, 0.05) is 18.7 Å². The van der Waals surface area contributed by atoms with Crippen molar-refractivity contribution < 1.29 is 9.90 Å². The van der Waals surface area contributed by atoms with E-state index in [2.05, 4.69) is 15.3 Å². The summed E-state index contributed by atoms with van der Waals surface area (Å²) >= 11 is 0. The predicted molar refractivity (Wildman–Crippen MR) is 73.4 cm³/mol. The molecule has 0 fully saturated rings. The molecule has 0 aliphatic rings. The predicted octanol–water partition coefficient (Wildman–Crippen LogP) is 2.50. The summed E-state index contributed by atoms with van der Waals surface area (Å²) in [7, 11) is 1.69. The van der Waals surface area contributed by atoms with E-state index < -0.39 is 5.97 Å². The molecule has 0 spiro atoms. The minimum absolute atomic E-state index is 0.0208. The summed E-state index contributed by atoms with van der Waals surface area (Å²) in [5, 5.41) is 11.9. The van der Waals surface area contributed by atoms with Gasteiger partial charge in [-0.1, -0.05) is 12.1 Å². The van der Waals surface area contributed by atoms with Crippen LogP contribution in [0.4, 0.5) is 5.82 Å². The summed E-state index contributed by atoms with van der Waals surface area (Å²) in [5.74, 6) is -0.169. The maximum atomic E-state index is 11.1. The van der Waals surface area contributed by atoms with E-state index in [0.29, 0.717) is 11.6 Å². The molecular weight excluding hydrogens is 242 g/mol. The van der Waals surface area contributed by atoms with Gasteiger partial charge in [0.2, 0.25) is 0 Å². The minimum atomic E-state index is -1.07. The number of nitrogens with one attached hydrogen (secondary N) is 1. The molecule has 19 heavy (non-hydrogen) atoms. The molecule has 0 saturated heterocycles. The minimum Gasteiger partial charge on any atom is -0.477 e. The topological polar surface area (TPSA) is 75.1 Å². The number of carbonyl (C=O) groups is 1. The van der Waals surface area contributed by atoms with Crippen molar-refractivity contribution in [3.63, 3.8) is 0 Å². The molecular formula is C14H15N3O2. The van der Waals surface area contributed by atoms with E-state index >= 15 is 0 Å². The Morgan fingerprint density at radius 2 is 1.89 bits per heavy atom. The molecule has 2 rings (SSSR count). The first-order valence-corrected chi connectivity index (χ1v) is 5.89. The van der Waals surface area contributed by atoms with Gasteiger partial charge in [0.15, 0.2) is 11.5 Å². The molecule has 0 amide bonds. The van der Waals surface area contributed by atoms with Crippen LogP contribution in [0.1, 0.15) is 21.6 Å². The Kier molecular flexibility index (Phi) is 3.46. The number of hydrogen-bond donors (Lipinski definition) is 2. The van der Waals surface area contributed by atoms with Crippen molar-refractivity contribution in [3.8, 4) is 11.4 Å². The van der Waals surface area contributed by atoms with E-state index in [4.69, 9.17) is 5.11 Å². The molecule has 0 aliphatic heterocycles. The van der Waals surface area contributed by atoms with Crippen molar-refractivity contribution in [2.75, 3.05) is 12.4 Å². The molecule has 1 aromatic heterocycles. The smallest absolute Gasteiger partial charge is 0.354 e. The third-order valence-electron chi connectivity index (χ3n) is 2.97. The number of carboxylic acid groups (broad SMARTS) is 1. The molecule has 0 unspecified atom stereocenters. The highest BCUT2D eigenvalue weighted by atomic mass is 16.4. The van der Waals surface area contributed by atoms with E-state index in [-0.39, 0.29) is 5.69 Å². The van der Waals surface area contributed by atoms with Gasteiger partial charge in [0.05, 0.1) is 0 Å². The molecule has 5 heteroatoms. The second-order valence-corrected chi connectivity index (χ2v) is 4.32. The highest BCUT2D eigenvalue weighted by Crippen LogP contribution is 2.20. The Morgan fingerprint density at radius 1 is 1.16 bits per heavy atom. The second kappa shape index (κ2) is 5.06. The fraction of sp³-hybridized carbons (Fsp3) is 0.214. The number of benzene rings is 1. The maximum Gasteiger partial charge on any atom is 0.354 e. The van der Waals surface area contributed by atoms with Crippen molar-refractivity contribution in [2.24, 2.45) is 0 Å². The largest absolute Gasteiger partial charge is 0.477 e. The fourth-order valence-corrected chi connectivity index (χ4v) is 1.69. The SMILES string of the molecule is CNc1cc(C(=O)O)nc(-c2ccc(C)c(C)c2)n1. The lowest BCUT2D eigenvalue weighted by Gasteiger charge is -2.07. The van der Waals surface area contributed by atoms with Gasteiger partial charge in [0.25, 0.3) is 0 Å². The van der Waals surface area contributed by atoms with Gasteiger partial charge in [-0.25, -0.2) is 14.8 Å². The highest BCUT2D eigenvalue weighted by molar-refractivity contribution is 5.87. The van der Waals surface area contributed by atoms with Crippen LogP contribution in [0.3, 0.4) is 0 Å². The average Bonchev–Trinajstić information content (AvgIpc) is 2.41. The summed E-state index contributed by atoms with van der Waals surface area (Å²) < 4.78 is 0. The molecule has 0 atom stereocenters. The number of aromatic nitrogens is 2. The molecule has 98 valence electrons. The summed E-state index contributed by atoms with van der Waals surface area (Å²) in [6.07, 6.45) is 0. The summed E-state index contributed by atoms with van der Waals surface area (Å²) in [6.45, 7) is 4.02. The first-order valence-electron chi connectivity index (χ1n) is 5.89. The van der Waals surface area contributed by atoms with Crippen molar-refractivity contribution in [1.82, 2.24) is 9.97 Å². The molecule has 2 N–H and O–H groups in total. The Morgan fingerprint density at radius 3 is 2.47 bits per heavy atom. The van der Waals surface area contributed by atoms with Gasteiger partial charge in [-0.3, -0.25) is 0 Å². The second-order valence-electron chi connectivity index (χ2n) is 4.32. The van der Waals surface area contributed by atoms with E-state index in [1.807, 2.05) is 32.0 Å².